The molecular formula is C36H38N4O5. The molecule has 4 aromatic rings. The number of phenols is 1. The molecule has 9 heteroatoms. The molecule has 45 heavy (non-hydrogen) atoms. The van der Waals surface area contributed by atoms with E-state index in [1.54, 1.807) is 36.2 Å². The second-order valence-electron chi connectivity index (χ2n) is 11.2. The SMILES string of the molecule is COc1c(NC(=O)c2ccccc2O)ccc(C(=O)N(C)CCc2ccc(C(=O)N3CCN(C)CC3)cc2)c1-c1ccccc1. The Kier molecular flexibility index (Phi) is 9.79. The van der Waals surface area contributed by atoms with E-state index in [2.05, 4.69) is 17.3 Å². The summed E-state index contributed by atoms with van der Waals surface area (Å²) in [6, 6.07) is 26.6. The molecule has 1 aliphatic rings. The highest BCUT2D eigenvalue weighted by Crippen LogP contribution is 2.40. The normalized spacial score (nSPS) is 13.3. The van der Waals surface area contributed by atoms with E-state index in [0.29, 0.717) is 41.1 Å². The second-order valence-corrected chi connectivity index (χ2v) is 11.2. The van der Waals surface area contributed by atoms with Gasteiger partial charge in [-0.3, -0.25) is 14.4 Å². The molecule has 4 aromatic carbocycles. The van der Waals surface area contributed by atoms with Crippen LogP contribution in [0.15, 0.2) is 91.0 Å². The Morgan fingerprint density at radius 2 is 1.51 bits per heavy atom. The van der Waals surface area contributed by atoms with Crippen LogP contribution in [0.25, 0.3) is 11.1 Å². The monoisotopic (exact) mass is 606 g/mol. The lowest BCUT2D eigenvalue weighted by atomic mass is 9.96. The number of benzene rings is 4. The number of nitrogens with zero attached hydrogens (tertiary/aromatic N) is 3. The van der Waals surface area contributed by atoms with E-state index in [-0.39, 0.29) is 23.1 Å². The molecule has 0 aliphatic carbocycles. The lowest BCUT2D eigenvalue weighted by Crippen LogP contribution is -2.47. The molecule has 1 saturated heterocycles. The van der Waals surface area contributed by atoms with E-state index in [4.69, 9.17) is 4.74 Å². The number of nitrogens with one attached hydrogen (secondary N) is 1. The first kappa shape index (κ1) is 31.3. The Labute approximate surface area is 263 Å². The number of anilines is 1. The maximum Gasteiger partial charge on any atom is 0.259 e. The van der Waals surface area contributed by atoms with Gasteiger partial charge in [-0.2, -0.15) is 0 Å². The second kappa shape index (κ2) is 14.1. The van der Waals surface area contributed by atoms with Gasteiger partial charge in [-0.1, -0.05) is 54.6 Å². The topological polar surface area (TPSA) is 102 Å². The summed E-state index contributed by atoms with van der Waals surface area (Å²) in [7, 11) is 5.31. The Bertz CT molecular complexity index is 1670. The summed E-state index contributed by atoms with van der Waals surface area (Å²) in [5.74, 6) is -0.457. The van der Waals surface area contributed by atoms with Crippen molar-refractivity contribution in [3.05, 3.63) is 113 Å². The Morgan fingerprint density at radius 3 is 2.18 bits per heavy atom. The van der Waals surface area contributed by atoms with Crippen LogP contribution in [0, 0.1) is 0 Å². The summed E-state index contributed by atoms with van der Waals surface area (Å²) >= 11 is 0. The molecule has 3 amide bonds. The van der Waals surface area contributed by atoms with E-state index >= 15 is 0 Å². The number of carbonyl (C=O) groups is 3. The van der Waals surface area contributed by atoms with Crippen molar-refractivity contribution >= 4 is 23.4 Å². The number of phenolic OH excluding ortho intramolecular Hbond substituents is 1. The van der Waals surface area contributed by atoms with Gasteiger partial charge in [0.05, 0.1) is 23.9 Å². The van der Waals surface area contributed by atoms with Gasteiger partial charge in [0.15, 0.2) is 5.75 Å². The van der Waals surface area contributed by atoms with Crippen molar-refractivity contribution < 1.29 is 24.2 Å². The van der Waals surface area contributed by atoms with Gasteiger partial charge in [-0.25, -0.2) is 0 Å². The smallest absolute Gasteiger partial charge is 0.259 e. The quantitative estimate of drug-likeness (QED) is 0.277. The number of aromatic hydroxyl groups is 1. The van der Waals surface area contributed by atoms with Gasteiger partial charge < -0.3 is 29.9 Å². The lowest BCUT2D eigenvalue weighted by Gasteiger charge is -2.32. The zero-order chi connectivity index (χ0) is 31.9. The van der Waals surface area contributed by atoms with Crippen molar-refractivity contribution in [2.24, 2.45) is 0 Å². The number of hydrogen-bond donors (Lipinski definition) is 2. The van der Waals surface area contributed by atoms with Crippen LogP contribution in [0.2, 0.25) is 0 Å². The van der Waals surface area contributed by atoms with Crippen LogP contribution in [0.3, 0.4) is 0 Å². The van der Waals surface area contributed by atoms with Crippen LogP contribution in [0.5, 0.6) is 11.5 Å². The molecule has 232 valence electrons. The minimum atomic E-state index is -0.502. The fourth-order valence-electron chi connectivity index (χ4n) is 5.43. The van der Waals surface area contributed by atoms with Gasteiger partial charge in [-0.15, -0.1) is 0 Å². The zero-order valence-corrected chi connectivity index (χ0v) is 25.8. The third kappa shape index (κ3) is 7.16. The molecule has 5 rings (SSSR count). The number of ether oxygens (including phenoxy) is 1. The molecule has 9 nitrogen and oxygen atoms in total. The van der Waals surface area contributed by atoms with E-state index in [1.807, 2.05) is 59.5 Å². The Balaban J connectivity index is 1.33. The summed E-state index contributed by atoms with van der Waals surface area (Å²) in [4.78, 5) is 45.6. The van der Waals surface area contributed by atoms with Gasteiger partial charge in [0.1, 0.15) is 5.75 Å². The minimum Gasteiger partial charge on any atom is -0.507 e. The molecule has 2 N–H and O–H groups in total. The number of likely N-dealkylation sites (N-methyl/N-ethyl adjacent to an activating group) is 2. The number of piperazine rings is 1. The van der Waals surface area contributed by atoms with Crippen molar-refractivity contribution in [3.8, 4) is 22.6 Å². The summed E-state index contributed by atoms with van der Waals surface area (Å²) in [5, 5.41) is 13.0. The fraction of sp³-hybridized carbons (Fsp3) is 0.250. The summed E-state index contributed by atoms with van der Waals surface area (Å²) < 4.78 is 5.80. The minimum absolute atomic E-state index is 0.0459. The average molecular weight is 607 g/mol. The number of rotatable bonds is 9. The standard InChI is InChI=1S/C36H38N4O5/c1-38-21-23-40(24-22-38)35(43)27-15-13-25(14-16-27)19-20-39(2)36(44)29-17-18-30(37-34(42)28-11-7-8-12-31(28)41)33(45-3)32(29)26-9-5-4-6-10-26/h4-18,41H,19-24H2,1-3H3,(H,37,42). The fourth-order valence-corrected chi connectivity index (χ4v) is 5.43. The maximum atomic E-state index is 13.9. The number of carbonyl (C=O) groups excluding carboxylic acids is 3. The highest BCUT2D eigenvalue weighted by atomic mass is 16.5. The van der Waals surface area contributed by atoms with Gasteiger partial charge in [0, 0.05) is 50.9 Å². The predicted molar refractivity (Wildman–Crippen MR) is 175 cm³/mol. The maximum absolute atomic E-state index is 13.9. The average Bonchev–Trinajstić information content (AvgIpc) is 3.07. The van der Waals surface area contributed by atoms with Crippen molar-refractivity contribution in [2.45, 2.75) is 6.42 Å². The van der Waals surface area contributed by atoms with Crippen molar-refractivity contribution in [1.82, 2.24) is 14.7 Å². The van der Waals surface area contributed by atoms with Gasteiger partial charge in [-0.05, 0) is 61.0 Å². The van der Waals surface area contributed by atoms with Crippen molar-refractivity contribution in [1.29, 1.82) is 0 Å². The van der Waals surface area contributed by atoms with E-state index < -0.39 is 5.91 Å². The summed E-state index contributed by atoms with van der Waals surface area (Å²) in [6.07, 6.45) is 0.609. The van der Waals surface area contributed by atoms with E-state index in [0.717, 1.165) is 37.3 Å². The van der Waals surface area contributed by atoms with Gasteiger partial charge in [0.25, 0.3) is 17.7 Å². The van der Waals surface area contributed by atoms with Crippen LogP contribution >= 0.6 is 0 Å². The van der Waals surface area contributed by atoms with Crippen LogP contribution in [0.4, 0.5) is 5.69 Å². The van der Waals surface area contributed by atoms with E-state index in [9.17, 15) is 19.5 Å². The molecule has 1 heterocycles. The van der Waals surface area contributed by atoms with Crippen molar-refractivity contribution in [3.63, 3.8) is 0 Å². The highest BCUT2D eigenvalue weighted by Gasteiger charge is 2.25. The number of para-hydroxylation sites is 1. The molecule has 0 bridgehead atoms. The third-order valence-electron chi connectivity index (χ3n) is 8.13. The zero-order valence-electron chi connectivity index (χ0n) is 25.8. The van der Waals surface area contributed by atoms with Gasteiger partial charge >= 0.3 is 0 Å². The number of amides is 3. The molecule has 0 saturated carbocycles. The third-order valence-corrected chi connectivity index (χ3v) is 8.13. The summed E-state index contributed by atoms with van der Waals surface area (Å²) in [6.45, 7) is 3.65. The molecule has 1 fully saturated rings. The van der Waals surface area contributed by atoms with Crippen LogP contribution in [0.1, 0.15) is 36.6 Å². The first-order valence-corrected chi connectivity index (χ1v) is 14.9. The first-order valence-electron chi connectivity index (χ1n) is 14.9. The Morgan fingerprint density at radius 1 is 0.844 bits per heavy atom. The molecule has 0 unspecified atom stereocenters. The first-order chi connectivity index (χ1) is 21.8. The van der Waals surface area contributed by atoms with Crippen molar-refractivity contribution in [2.75, 3.05) is 59.2 Å². The largest absolute Gasteiger partial charge is 0.507 e. The highest BCUT2D eigenvalue weighted by molar-refractivity contribution is 6.09. The molecular weight excluding hydrogens is 568 g/mol. The van der Waals surface area contributed by atoms with Crippen LogP contribution in [-0.4, -0.2) is 91.5 Å². The van der Waals surface area contributed by atoms with Crippen LogP contribution in [-0.2, 0) is 6.42 Å². The Hall–Kier alpha value is -5.15. The molecule has 0 atom stereocenters. The number of hydrogen-bond acceptors (Lipinski definition) is 6. The molecule has 1 aliphatic heterocycles. The lowest BCUT2D eigenvalue weighted by molar-refractivity contribution is 0.0663. The molecule has 0 aromatic heterocycles. The van der Waals surface area contributed by atoms with Gasteiger partial charge in [0.2, 0.25) is 0 Å². The molecule has 0 radical (unpaired) electrons. The number of methoxy groups -OCH3 is 1. The predicted octanol–water partition coefficient (Wildman–Crippen LogP) is 5.02. The summed E-state index contributed by atoms with van der Waals surface area (Å²) in [5.41, 5.74) is 3.92. The van der Waals surface area contributed by atoms with E-state index in [1.165, 1.54) is 19.2 Å². The van der Waals surface area contributed by atoms with Crippen LogP contribution < -0.4 is 10.1 Å². The molecule has 0 spiro atoms.